The van der Waals surface area contributed by atoms with Gasteiger partial charge in [-0.15, -0.1) is 0 Å². The lowest BCUT2D eigenvalue weighted by Gasteiger charge is -2.26. The highest BCUT2D eigenvalue weighted by atomic mass is 16.5. The highest BCUT2D eigenvalue weighted by Gasteiger charge is 2.18. The van der Waals surface area contributed by atoms with Crippen LogP contribution in [0.3, 0.4) is 0 Å². The van der Waals surface area contributed by atoms with Gasteiger partial charge >= 0.3 is 0 Å². The molecule has 9 heteroatoms. The molecule has 1 amide bonds. The van der Waals surface area contributed by atoms with E-state index in [0.29, 0.717) is 29.3 Å². The van der Waals surface area contributed by atoms with E-state index in [1.165, 1.54) is 5.56 Å². The molecule has 0 aliphatic carbocycles. The predicted octanol–water partition coefficient (Wildman–Crippen LogP) is 4.65. The van der Waals surface area contributed by atoms with Crippen LogP contribution in [0, 0.1) is 0 Å². The maximum Gasteiger partial charge on any atom is 0.276 e. The first kappa shape index (κ1) is 23.9. The Bertz CT molecular complexity index is 1540. The third kappa shape index (κ3) is 5.29. The van der Waals surface area contributed by atoms with Crippen LogP contribution in [0.1, 0.15) is 21.6 Å². The normalized spacial score (nSPS) is 14.0. The molecule has 192 valence electrons. The van der Waals surface area contributed by atoms with Gasteiger partial charge in [-0.2, -0.15) is 5.10 Å². The number of hydrogen-bond donors (Lipinski definition) is 4. The summed E-state index contributed by atoms with van der Waals surface area (Å²) >= 11 is 0. The molecular formula is C29H29N7O2. The molecule has 1 saturated heterocycles. The lowest BCUT2D eigenvalue weighted by atomic mass is 10.1. The molecule has 38 heavy (non-hydrogen) atoms. The number of H-pyrrole nitrogens is 2. The minimum atomic E-state index is -0.312. The van der Waals surface area contributed by atoms with E-state index in [1.54, 1.807) is 12.4 Å². The average molecular weight is 508 g/mol. The zero-order valence-corrected chi connectivity index (χ0v) is 20.9. The molecule has 5 aromatic rings. The summed E-state index contributed by atoms with van der Waals surface area (Å²) in [5, 5.41) is 14.6. The van der Waals surface area contributed by atoms with Gasteiger partial charge in [0.1, 0.15) is 5.69 Å². The largest absolute Gasteiger partial charge is 0.379 e. The summed E-state index contributed by atoms with van der Waals surface area (Å²) in [7, 11) is 0. The third-order valence-electron chi connectivity index (χ3n) is 6.70. The van der Waals surface area contributed by atoms with Gasteiger partial charge in [0.25, 0.3) is 5.91 Å². The first-order valence-electron chi connectivity index (χ1n) is 12.7. The van der Waals surface area contributed by atoms with Gasteiger partial charge in [0, 0.05) is 43.3 Å². The zero-order valence-electron chi connectivity index (χ0n) is 20.9. The molecule has 3 aromatic heterocycles. The number of nitrogens with one attached hydrogen (secondary N) is 4. The molecule has 0 unspecified atom stereocenters. The van der Waals surface area contributed by atoms with Crippen molar-refractivity contribution in [3.05, 3.63) is 95.9 Å². The standard InChI is InChI=1S/C29H29N7O2/c37-29(28-24(7-4-10-30-28)31-17-20-5-2-1-3-6-20)34-26-18-32-35-27(26)25-16-22-15-21(8-9-23(22)33-25)19-36-11-13-38-14-12-36/h1-10,15-16,18,31,33H,11-14,17,19H2,(H,32,35)(H,34,37). The number of fused-ring (bicyclic) bond motifs is 1. The lowest BCUT2D eigenvalue weighted by Crippen LogP contribution is -2.35. The fourth-order valence-corrected chi connectivity index (χ4v) is 4.72. The van der Waals surface area contributed by atoms with E-state index in [9.17, 15) is 4.79 Å². The molecule has 0 bridgehead atoms. The fourth-order valence-electron chi connectivity index (χ4n) is 4.72. The van der Waals surface area contributed by atoms with Crippen molar-refractivity contribution in [1.82, 2.24) is 25.1 Å². The number of benzene rings is 2. The van der Waals surface area contributed by atoms with Gasteiger partial charge in [0.2, 0.25) is 0 Å². The van der Waals surface area contributed by atoms with Crippen molar-refractivity contribution in [3.8, 4) is 11.4 Å². The summed E-state index contributed by atoms with van der Waals surface area (Å²) in [5.74, 6) is -0.312. The number of hydrogen-bond acceptors (Lipinski definition) is 6. The van der Waals surface area contributed by atoms with Crippen LogP contribution in [0.5, 0.6) is 0 Å². The lowest BCUT2D eigenvalue weighted by molar-refractivity contribution is 0.0342. The summed E-state index contributed by atoms with van der Waals surface area (Å²) in [6.45, 7) is 4.96. The highest BCUT2D eigenvalue weighted by molar-refractivity contribution is 6.08. The second-order valence-electron chi connectivity index (χ2n) is 9.34. The van der Waals surface area contributed by atoms with Gasteiger partial charge in [-0.25, -0.2) is 4.98 Å². The van der Waals surface area contributed by atoms with Crippen LogP contribution in [-0.4, -0.2) is 57.3 Å². The number of pyridine rings is 1. The van der Waals surface area contributed by atoms with E-state index >= 15 is 0 Å². The number of morpholine rings is 1. The molecule has 1 fully saturated rings. The van der Waals surface area contributed by atoms with Crippen LogP contribution in [-0.2, 0) is 17.8 Å². The van der Waals surface area contributed by atoms with E-state index in [0.717, 1.165) is 55.0 Å². The van der Waals surface area contributed by atoms with Gasteiger partial charge < -0.3 is 20.4 Å². The molecular weight excluding hydrogens is 478 g/mol. The van der Waals surface area contributed by atoms with E-state index in [1.807, 2.05) is 42.5 Å². The second kappa shape index (κ2) is 10.9. The van der Waals surface area contributed by atoms with Crippen LogP contribution in [0.4, 0.5) is 11.4 Å². The van der Waals surface area contributed by atoms with Crippen molar-refractivity contribution in [3.63, 3.8) is 0 Å². The fraction of sp³-hybridized carbons (Fsp3) is 0.207. The van der Waals surface area contributed by atoms with Gasteiger partial charge in [-0.3, -0.25) is 14.8 Å². The van der Waals surface area contributed by atoms with E-state index in [4.69, 9.17) is 4.74 Å². The first-order chi connectivity index (χ1) is 18.7. The Morgan fingerprint density at radius 3 is 2.71 bits per heavy atom. The monoisotopic (exact) mass is 507 g/mol. The Morgan fingerprint density at radius 1 is 0.974 bits per heavy atom. The molecule has 6 rings (SSSR count). The Kier molecular flexibility index (Phi) is 6.84. The van der Waals surface area contributed by atoms with Crippen molar-refractivity contribution in [2.75, 3.05) is 36.9 Å². The topological polar surface area (TPSA) is 111 Å². The number of aromatic amines is 2. The Morgan fingerprint density at radius 2 is 1.84 bits per heavy atom. The summed E-state index contributed by atoms with van der Waals surface area (Å²) in [6.07, 6.45) is 3.23. The SMILES string of the molecule is O=C(Nc1cn[nH]c1-c1cc2cc(CN3CCOCC3)ccc2[nH]1)c1ncccc1NCc1ccccc1. The van der Waals surface area contributed by atoms with Crippen LogP contribution in [0.2, 0.25) is 0 Å². The molecule has 9 nitrogen and oxygen atoms in total. The Hall–Kier alpha value is -4.47. The summed E-state index contributed by atoms with van der Waals surface area (Å²) in [4.78, 5) is 23.4. The number of ether oxygens (including phenoxy) is 1. The number of aromatic nitrogens is 4. The molecule has 1 aliphatic rings. The number of carbonyl (C=O) groups is 1. The van der Waals surface area contributed by atoms with E-state index in [2.05, 4.69) is 60.0 Å². The maximum absolute atomic E-state index is 13.3. The molecule has 0 atom stereocenters. The zero-order chi connectivity index (χ0) is 25.7. The molecule has 4 heterocycles. The van der Waals surface area contributed by atoms with Crippen molar-refractivity contribution in [2.45, 2.75) is 13.1 Å². The van der Waals surface area contributed by atoms with Crippen LogP contribution >= 0.6 is 0 Å². The first-order valence-corrected chi connectivity index (χ1v) is 12.7. The van der Waals surface area contributed by atoms with Crippen molar-refractivity contribution in [2.24, 2.45) is 0 Å². The van der Waals surface area contributed by atoms with Gasteiger partial charge in [-0.1, -0.05) is 36.4 Å². The van der Waals surface area contributed by atoms with E-state index in [-0.39, 0.29) is 5.91 Å². The van der Waals surface area contributed by atoms with Crippen LogP contribution in [0.15, 0.2) is 79.1 Å². The Labute approximate surface area is 220 Å². The minimum Gasteiger partial charge on any atom is -0.379 e. The molecule has 4 N–H and O–H groups in total. The Balaban J connectivity index is 1.19. The van der Waals surface area contributed by atoms with Crippen LogP contribution < -0.4 is 10.6 Å². The summed E-state index contributed by atoms with van der Waals surface area (Å²) in [6, 6.07) is 22.2. The maximum atomic E-state index is 13.3. The van der Waals surface area contributed by atoms with Crippen molar-refractivity contribution < 1.29 is 9.53 Å². The molecule has 2 aromatic carbocycles. The number of amides is 1. The number of carbonyl (C=O) groups excluding carboxylic acids is 1. The quantitative estimate of drug-likeness (QED) is 0.243. The molecule has 0 radical (unpaired) electrons. The molecule has 0 saturated carbocycles. The predicted molar refractivity (Wildman–Crippen MR) is 148 cm³/mol. The smallest absolute Gasteiger partial charge is 0.276 e. The van der Waals surface area contributed by atoms with Gasteiger partial charge in [0.05, 0.1) is 36.5 Å². The molecule has 1 aliphatic heterocycles. The van der Waals surface area contributed by atoms with Gasteiger partial charge in [-0.05, 0) is 41.5 Å². The number of nitrogens with zero attached hydrogens (tertiary/aromatic N) is 3. The summed E-state index contributed by atoms with van der Waals surface area (Å²) < 4.78 is 5.46. The highest BCUT2D eigenvalue weighted by Crippen LogP contribution is 2.29. The van der Waals surface area contributed by atoms with Gasteiger partial charge in [0.15, 0.2) is 5.69 Å². The molecule has 0 spiro atoms. The summed E-state index contributed by atoms with van der Waals surface area (Å²) in [5.41, 5.74) is 6.51. The third-order valence-corrected chi connectivity index (χ3v) is 6.70. The minimum absolute atomic E-state index is 0.312. The average Bonchev–Trinajstić information content (AvgIpc) is 3.59. The van der Waals surface area contributed by atoms with Crippen LogP contribution in [0.25, 0.3) is 22.3 Å². The second-order valence-corrected chi connectivity index (χ2v) is 9.34. The number of rotatable bonds is 8. The van der Waals surface area contributed by atoms with Crippen molar-refractivity contribution in [1.29, 1.82) is 0 Å². The number of anilines is 2. The van der Waals surface area contributed by atoms with E-state index < -0.39 is 0 Å². The van der Waals surface area contributed by atoms with Crippen molar-refractivity contribution >= 4 is 28.2 Å².